The van der Waals surface area contributed by atoms with Crippen molar-refractivity contribution in [3.8, 4) is 5.75 Å². The Balaban J connectivity index is 0.000000676. The van der Waals surface area contributed by atoms with Gasteiger partial charge in [-0.1, -0.05) is 18.2 Å². The Morgan fingerprint density at radius 1 is 0.955 bits per heavy atom. The number of likely N-dealkylation sites (N-methyl/N-ethyl adjacent to an activating group) is 1. The highest BCUT2D eigenvalue weighted by molar-refractivity contribution is 5.78. The zero-order valence-electron chi connectivity index (χ0n) is 24.0. The fourth-order valence-corrected chi connectivity index (χ4v) is 4.57. The molecule has 0 atom stereocenters. The second-order valence-corrected chi connectivity index (χ2v) is 10.2. The van der Waals surface area contributed by atoms with Crippen LogP contribution >= 0.6 is 0 Å². The lowest BCUT2D eigenvalue weighted by Gasteiger charge is -2.33. The van der Waals surface area contributed by atoms with Gasteiger partial charge >= 0.3 is 18.5 Å². The minimum absolute atomic E-state index is 0.0318. The molecular formula is C26H34F6N8O4. The highest BCUT2D eigenvalue weighted by atomic mass is 19.4. The monoisotopic (exact) mass is 636 g/mol. The van der Waals surface area contributed by atoms with Crippen molar-refractivity contribution >= 4 is 29.7 Å². The van der Waals surface area contributed by atoms with Crippen molar-refractivity contribution in [2.75, 3.05) is 55.8 Å². The molecule has 2 fully saturated rings. The van der Waals surface area contributed by atoms with Gasteiger partial charge in [0.25, 0.3) is 0 Å². The van der Waals surface area contributed by atoms with E-state index in [0.29, 0.717) is 30.7 Å². The van der Waals surface area contributed by atoms with Crippen LogP contribution in [0.25, 0.3) is 0 Å². The number of hydrogen-bond acceptors (Lipinski definition) is 10. The number of aromatic nitrogens is 3. The molecule has 2 heterocycles. The van der Waals surface area contributed by atoms with E-state index in [4.69, 9.17) is 9.90 Å². The maximum Gasteiger partial charge on any atom is 0.573 e. The fourth-order valence-electron chi connectivity index (χ4n) is 4.57. The fraction of sp³-hybridized carbons (Fsp3) is 0.577. The van der Waals surface area contributed by atoms with Gasteiger partial charge in [-0.2, -0.15) is 28.1 Å². The molecule has 1 aliphatic heterocycles. The van der Waals surface area contributed by atoms with Crippen LogP contribution in [0.5, 0.6) is 5.75 Å². The van der Waals surface area contributed by atoms with Gasteiger partial charge < -0.3 is 35.6 Å². The Bertz CT molecular complexity index is 1250. The molecule has 0 spiro atoms. The van der Waals surface area contributed by atoms with Crippen molar-refractivity contribution < 1.29 is 45.8 Å². The minimum atomic E-state index is -5.08. The van der Waals surface area contributed by atoms with Gasteiger partial charge in [0.1, 0.15) is 5.75 Å². The van der Waals surface area contributed by atoms with E-state index in [1.54, 1.807) is 13.1 Å². The molecule has 18 heteroatoms. The Kier molecular flexibility index (Phi) is 11.8. The number of carboxylic acids is 1. The zero-order chi connectivity index (χ0) is 32.5. The van der Waals surface area contributed by atoms with Gasteiger partial charge in [0.05, 0.1) is 0 Å². The lowest BCUT2D eigenvalue weighted by atomic mass is 9.85. The number of nitrogens with zero attached hydrogens (tertiary/aromatic N) is 5. The number of carboxylic acid groups (broad SMARTS) is 1. The number of anilines is 3. The number of piperazine rings is 1. The summed E-state index contributed by atoms with van der Waals surface area (Å²) in [4.78, 5) is 39.6. The molecule has 0 radical (unpaired) electrons. The van der Waals surface area contributed by atoms with E-state index in [2.05, 4.69) is 52.5 Å². The molecule has 1 saturated heterocycles. The lowest BCUT2D eigenvalue weighted by Crippen LogP contribution is -2.45. The number of carbonyl (C=O) groups excluding carboxylic acids is 1. The van der Waals surface area contributed by atoms with E-state index in [0.717, 1.165) is 39.0 Å². The molecule has 1 aliphatic carbocycles. The van der Waals surface area contributed by atoms with Gasteiger partial charge in [-0.05, 0) is 38.8 Å². The van der Waals surface area contributed by atoms with Gasteiger partial charge in [0, 0.05) is 57.3 Å². The first-order valence-electron chi connectivity index (χ1n) is 13.7. The summed E-state index contributed by atoms with van der Waals surface area (Å²) in [6, 6.07) is 5.92. The Hall–Kier alpha value is -4.09. The predicted octanol–water partition coefficient (Wildman–Crippen LogP) is 3.48. The second kappa shape index (κ2) is 15.1. The van der Waals surface area contributed by atoms with E-state index >= 15 is 0 Å². The maximum absolute atomic E-state index is 12.7. The summed E-state index contributed by atoms with van der Waals surface area (Å²) in [5.74, 6) is -1.81. The number of para-hydroxylation sites is 1. The van der Waals surface area contributed by atoms with Crippen LogP contribution in [0, 0.1) is 5.92 Å². The molecule has 0 unspecified atom stereocenters. The summed E-state index contributed by atoms with van der Waals surface area (Å²) in [5, 5.41) is 16.3. The van der Waals surface area contributed by atoms with Gasteiger partial charge in [-0.25, -0.2) is 4.79 Å². The summed E-state index contributed by atoms with van der Waals surface area (Å²) >= 11 is 0. The summed E-state index contributed by atoms with van der Waals surface area (Å²) in [6.07, 6.45) is -7.07. The summed E-state index contributed by atoms with van der Waals surface area (Å²) in [7, 11) is 3.86. The van der Waals surface area contributed by atoms with E-state index in [-0.39, 0.29) is 35.7 Å². The number of ether oxygens (including phenoxy) is 1. The van der Waals surface area contributed by atoms with E-state index in [1.807, 2.05) is 0 Å². The van der Waals surface area contributed by atoms with E-state index in [1.165, 1.54) is 18.2 Å². The van der Waals surface area contributed by atoms with Crippen LogP contribution < -0.4 is 25.6 Å². The first-order valence-corrected chi connectivity index (χ1v) is 13.7. The Labute approximate surface area is 249 Å². The third-order valence-corrected chi connectivity index (χ3v) is 6.96. The van der Waals surface area contributed by atoms with Crippen molar-refractivity contribution in [1.29, 1.82) is 0 Å². The average Bonchev–Trinajstić information content (AvgIpc) is 2.96. The Morgan fingerprint density at radius 2 is 1.55 bits per heavy atom. The topological polar surface area (TPSA) is 145 Å². The third-order valence-electron chi connectivity index (χ3n) is 6.96. The van der Waals surface area contributed by atoms with Crippen LogP contribution in [-0.2, 0) is 16.1 Å². The molecule has 244 valence electrons. The number of amides is 1. The van der Waals surface area contributed by atoms with Crippen molar-refractivity contribution in [1.82, 2.24) is 25.2 Å². The lowest BCUT2D eigenvalue weighted by molar-refractivity contribution is -0.274. The predicted molar refractivity (Wildman–Crippen MR) is 147 cm³/mol. The normalized spacial score (nSPS) is 19.3. The molecule has 1 aromatic heterocycles. The van der Waals surface area contributed by atoms with Gasteiger partial charge in [-0.15, -0.1) is 13.2 Å². The highest BCUT2D eigenvalue weighted by Crippen LogP contribution is 2.29. The SMILES string of the molecule is CNc1nc(N[C@H]2CC[C@H](C(=O)NCc3ccccc3OC(F)(F)F)CC2)nc(N2CCN(C)CC2)n1.O=C(O)C(F)(F)F. The van der Waals surface area contributed by atoms with Crippen LogP contribution in [0.1, 0.15) is 31.2 Å². The van der Waals surface area contributed by atoms with Crippen LogP contribution in [0.2, 0.25) is 0 Å². The van der Waals surface area contributed by atoms with Crippen LogP contribution in [-0.4, -0.2) is 95.7 Å². The minimum Gasteiger partial charge on any atom is -0.475 e. The zero-order valence-corrected chi connectivity index (χ0v) is 24.0. The molecule has 2 aliphatic rings. The average molecular weight is 637 g/mol. The highest BCUT2D eigenvalue weighted by Gasteiger charge is 2.38. The van der Waals surface area contributed by atoms with Crippen LogP contribution in [0.4, 0.5) is 44.2 Å². The smallest absolute Gasteiger partial charge is 0.475 e. The van der Waals surface area contributed by atoms with E-state index < -0.39 is 18.5 Å². The summed E-state index contributed by atoms with van der Waals surface area (Å²) in [6.45, 7) is 3.54. The molecule has 4 rings (SSSR count). The number of rotatable bonds is 8. The molecule has 4 N–H and O–H groups in total. The van der Waals surface area contributed by atoms with Crippen LogP contribution in [0.3, 0.4) is 0 Å². The molecule has 0 bridgehead atoms. The molecule has 44 heavy (non-hydrogen) atoms. The number of aliphatic carboxylic acids is 1. The molecule has 1 saturated carbocycles. The first-order chi connectivity index (χ1) is 20.6. The number of alkyl halides is 6. The largest absolute Gasteiger partial charge is 0.573 e. The number of hydrogen-bond donors (Lipinski definition) is 4. The summed E-state index contributed by atoms with van der Waals surface area (Å²) < 4.78 is 73.7. The van der Waals surface area contributed by atoms with Crippen LogP contribution in [0.15, 0.2) is 24.3 Å². The van der Waals surface area contributed by atoms with Gasteiger partial charge in [0.2, 0.25) is 23.8 Å². The van der Waals surface area contributed by atoms with Crippen molar-refractivity contribution in [2.45, 2.75) is 50.8 Å². The number of carbonyl (C=O) groups is 2. The Morgan fingerprint density at radius 3 is 2.11 bits per heavy atom. The van der Waals surface area contributed by atoms with Gasteiger partial charge in [0.15, 0.2) is 0 Å². The number of nitrogens with one attached hydrogen (secondary N) is 3. The maximum atomic E-state index is 12.7. The quantitative estimate of drug-likeness (QED) is 0.316. The molecule has 1 amide bonds. The molecule has 2 aromatic rings. The summed E-state index contributed by atoms with van der Waals surface area (Å²) in [5.41, 5.74) is 0.273. The van der Waals surface area contributed by atoms with E-state index in [9.17, 15) is 31.1 Å². The molecule has 1 aromatic carbocycles. The number of benzene rings is 1. The molecular weight excluding hydrogens is 602 g/mol. The van der Waals surface area contributed by atoms with Crippen molar-refractivity contribution in [3.05, 3.63) is 29.8 Å². The number of halogens is 6. The van der Waals surface area contributed by atoms with Crippen molar-refractivity contribution in [2.24, 2.45) is 5.92 Å². The molecule has 12 nitrogen and oxygen atoms in total. The third kappa shape index (κ3) is 10.9. The van der Waals surface area contributed by atoms with Crippen molar-refractivity contribution in [3.63, 3.8) is 0 Å². The second-order valence-electron chi connectivity index (χ2n) is 10.2. The standard InChI is InChI=1S/C24H33F3N8O2.C2HF3O2/c1-28-21-31-22(33-23(32-21)35-13-11-34(2)12-14-35)30-18-9-7-16(8-10-18)20(36)29-15-17-5-3-4-6-19(17)37-24(25,26)27;3-2(4,5)1(6)7/h3-6,16,18H,7-15H2,1-2H3,(H,29,36)(H2,28,30,31,32,33);(H,6,7)/t16-,18-;. The first kappa shape index (κ1) is 34.4. The van der Waals surface area contributed by atoms with Gasteiger partial charge in [-0.3, -0.25) is 4.79 Å².